The van der Waals surface area contributed by atoms with Crippen LogP contribution >= 0.6 is 0 Å². The van der Waals surface area contributed by atoms with E-state index in [0.29, 0.717) is 32.2 Å². The van der Waals surface area contributed by atoms with Gasteiger partial charge in [0.25, 0.3) is 0 Å². The van der Waals surface area contributed by atoms with Gasteiger partial charge in [0.2, 0.25) is 5.91 Å². The molecule has 0 bridgehead atoms. The van der Waals surface area contributed by atoms with Gasteiger partial charge in [-0.15, -0.1) is 0 Å². The van der Waals surface area contributed by atoms with Crippen molar-refractivity contribution in [3.63, 3.8) is 0 Å². The van der Waals surface area contributed by atoms with Gasteiger partial charge in [-0.25, -0.2) is 4.79 Å². The predicted octanol–water partition coefficient (Wildman–Crippen LogP) is 15.0. The third-order valence-corrected chi connectivity index (χ3v) is 11.8. The molecule has 2 atom stereocenters. The number of carbonyl (C=O) groups excluding carboxylic acids is 2. The number of amides is 1. The van der Waals surface area contributed by atoms with Crippen LogP contribution in [0.3, 0.4) is 0 Å². The lowest BCUT2D eigenvalue weighted by molar-refractivity contribution is -0.150. The Morgan fingerprint density at radius 2 is 0.845 bits per heavy atom. The zero-order chi connectivity index (χ0) is 42.4. The van der Waals surface area contributed by atoms with E-state index in [4.69, 9.17) is 10.5 Å². The van der Waals surface area contributed by atoms with E-state index in [-0.39, 0.29) is 18.0 Å². The second-order valence-corrected chi connectivity index (χ2v) is 17.6. The predicted molar refractivity (Wildman–Crippen MR) is 248 cm³/mol. The van der Waals surface area contributed by atoms with Gasteiger partial charge < -0.3 is 20.9 Å². The summed E-state index contributed by atoms with van der Waals surface area (Å²) in [5.41, 5.74) is 5.50. The van der Waals surface area contributed by atoms with Gasteiger partial charge in [0.05, 0.1) is 0 Å². The molecule has 0 radical (unpaired) electrons. The van der Waals surface area contributed by atoms with E-state index in [9.17, 15) is 19.5 Å². The molecule has 0 heterocycles. The van der Waals surface area contributed by atoms with Crippen molar-refractivity contribution in [3.05, 3.63) is 12.2 Å². The van der Waals surface area contributed by atoms with Crippen LogP contribution in [-0.4, -0.2) is 41.6 Å². The Hall–Kier alpha value is -1.89. The molecule has 0 aliphatic carbocycles. The minimum atomic E-state index is -1.00. The van der Waals surface area contributed by atoms with Crippen LogP contribution in [0.5, 0.6) is 0 Å². The summed E-state index contributed by atoms with van der Waals surface area (Å²) in [5, 5.41) is 12.0. The van der Waals surface area contributed by atoms with Gasteiger partial charge in [0.15, 0.2) is 0 Å². The van der Waals surface area contributed by atoms with Crippen LogP contribution in [-0.2, 0) is 19.1 Å². The van der Waals surface area contributed by atoms with Gasteiger partial charge in [-0.05, 0) is 83.6 Å². The minimum absolute atomic E-state index is 0.00283. The van der Waals surface area contributed by atoms with Crippen molar-refractivity contribution >= 4 is 17.8 Å². The summed E-state index contributed by atoms with van der Waals surface area (Å²) in [6.07, 6.45) is 52.7. The second kappa shape index (κ2) is 46.2. The number of carboxylic acid groups (broad SMARTS) is 1. The molecule has 0 aromatic heterocycles. The number of hydrogen-bond acceptors (Lipinski definition) is 5. The van der Waals surface area contributed by atoms with Crippen LogP contribution in [0, 0.1) is 0 Å². The van der Waals surface area contributed by atoms with Crippen molar-refractivity contribution in [1.82, 2.24) is 5.32 Å². The van der Waals surface area contributed by atoms with Crippen LogP contribution in [0.1, 0.15) is 277 Å². The first-order valence-corrected chi connectivity index (χ1v) is 25.5. The monoisotopic (exact) mass is 819 g/mol. The van der Waals surface area contributed by atoms with E-state index in [0.717, 1.165) is 70.6 Å². The highest BCUT2D eigenvalue weighted by atomic mass is 16.5. The largest absolute Gasteiger partial charge is 0.480 e. The van der Waals surface area contributed by atoms with Crippen LogP contribution in [0.25, 0.3) is 0 Å². The molecule has 7 nitrogen and oxygen atoms in total. The molecule has 342 valence electrons. The molecule has 0 fully saturated rings. The maximum absolute atomic E-state index is 12.9. The first kappa shape index (κ1) is 56.1. The van der Waals surface area contributed by atoms with E-state index >= 15 is 0 Å². The summed E-state index contributed by atoms with van der Waals surface area (Å²) < 4.78 is 6.08. The highest BCUT2D eigenvalue weighted by molar-refractivity contribution is 5.83. The number of carboxylic acids is 1. The summed E-state index contributed by atoms with van der Waals surface area (Å²) in [7, 11) is 0. The number of aliphatic carboxylic acids is 1. The van der Waals surface area contributed by atoms with E-state index < -0.39 is 12.0 Å². The highest BCUT2D eigenvalue weighted by Gasteiger charge is 2.19. The Balaban J connectivity index is 4.28. The van der Waals surface area contributed by atoms with Gasteiger partial charge in [-0.2, -0.15) is 0 Å². The molecular formula is C51H98N2O5. The topological polar surface area (TPSA) is 119 Å². The molecule has 0 rings (SSSR count). The van der Waals surface area contributed by atoms with Crippen molar-refractivity contribution in [2.45, 2.75) is 289 Å². The number of allylic oxidation sites excluding steroid dienone is 2. The molecule has 0 saturated heterocycles. The van der Waals surface area contributed by atoms with E-state index in [1.807, 2.05) is 0 Å². The van der Waals surface area contributed by atoms with E-state index in [1.54, 1.807) is 0 Å². The summed E-state index contributed by atoms with van der Waals surface area (Å²) in [6, 6.07) is -0.856. The lowest BCUT2D eigenvalue weighted by Gasteiger charge is -2.18. The number of esters is 1. The molecule has 7 heteroatoms. The van der Waals surface area contributed by atoms with E-state index in [1.165, 1.54) is 167 Å². The SMILES string of the molecule is CCCCCCCCCC/C=C\CCCCCC(CCCCCCCC(=O)NC(CCCN)C(=O)O)OC(=O)CCCCCCCCCCCCCCCCCCC. The van der Waals surface area contributed by atoms with Gasteiger partial charge in [0, 0.05) is 12.8 Å². The average molecular weight is 819 g/mol. The zero-order valence-electron chi connectivity index (χ0n) is 38.7. The van der Waals surface area contributed by atoms with Gasteiger partial charge in [-0.1, -0.05) is 199 Å². The molecule has 0 aromatic rings. The van der Waals surface area contributed by atoms with Crippen LogP contribution in [0.4, 0.5) is 0 Å². The first-order valence-electron chi connectivity index (χ1n) is 25.5. The Morgan fingerprint density at radius 3 is 1.26 bits per heavy atom. The smallest absolute Gasteiger partial charge is 0.326 e. The van der Waals surface area contributed by atoms with Gasteiger partial charge in [0.1, 0.15) is 12.1 Å². The van der Waals surface area contributed by atoms with Crippen molar-refractivity contribution in [1.29, 1.82) is 0 Å². The van der Waals surface area contributed by atoms with E-state index in [2.05, 4.69) is 31.3 Å². The van der Waals surface area contributed by atoms with Crippen molar-refractivity contribution in [2.24, 2.45) is 5.73 Å². The lowest BCUT2D eigenvalue weighted by atomic mass is 10.0. The number of hydrogen-bond donors (Lipinski definition) is 3. The number of carbonyl (C=O) groups is 3. The van der Waals surface area contributed by atoms with Crippen molar-refractivity contribution in [3.8, 4) is 0 Å². The molecule has 0 aromatic carbocycles. The maximum atomic E-state index is 12.9. The number of unbranched alkanes of at least 4 members (excludes halogenated alkanes) is 31. The average Bonchev–Trinajstić information content (AvgIpc) is 3.21. The Bertz CT molecular complexity index is 925. The third-order valence-electron chi connectivity index (χ3n) is 11.8. The number of nitrogens with one attached hydrogen (secondary N) is 1. The normalized spacial score (nSPS) is 12.6. The van der Waals surface area contributed by atoms with Crippen LogP contribution in [0.2, 0.25) is 0 Å². The fourth-order valence-electron chi connectivity index (χ4n) is 7.98. The molecule has 1 amide bonds. The third kappa shape index (κ3) is 42.2. The highest BCUT2D eigenvalue weighted by Crippen LogP contribution is 2.19. The number of nitrogens with two attached hydrogens (primary N) is 1. The first-order chi connectivity index (χ1) is 28.4. The van der Waals surface area contributed by atoms with Crippen LogP contribution in [0.15, 0.2) is 12.2 Å². The van der Waals surface area contributed by atoms with Crippen molar-refractivity contribution in [2.75, 3.05) is 6.54 Å². The van der Waals surface area contributed by atoms with Crippen molar-refractivity contribution < 1.29 is 24.2 Å². The van der Waals surface area contributed by atoms with Gasteiger partial charge >= 0.3 is 11.9 Å². The molecule has 58 heavy (non-hydrogen) atoms. The fourth-order valence-corrected chi connectivity index (χ4v) is 7.98. The Kier molecular flexibility index (Phi) is 44.7. The summed E-state index contributed by atoms with van der Waals surface area (Å²) in [5.74, 6) is -1.22. The fraction of sp³-hybridized carbons (Fsp3) is 0.902. The molecular weight excluding hydrogens is 721 g/mol. The Morgan fingerprint density at radius 1 is 0.483 bits per heavy atom. The summed E-state index contributed by atoms with van der Waals surface area (Å²) in [6.45, 7) is 4.97. The quantitative estimate of drug-likeness (QED) is 0.0320. The number of rotatable bonds is 47. The standard InChI is InChI=1S/C51H98N2O5/c1-3-5-7-9-11-13-15-17-19-20-22-24-26-28-30-35-39-45-50(55)58-47(41-36-32-29-27-25-23-21-18-16-14-12-10-8-6-4-2)42-37-33-31-34-38-44-49(54)53-48(51(56)57)43-40-46-52/h23,25,47-48H,3-22,24,26-46,52H2,1-2H3,(H,53,54)(H,56,57)/b25-23-. The number of ether oxygens (including phenoxy) is 1. The molecule has 0 aliphatic heterocycles. The summed E-state index contributed by atoms with van der Waals surface area (Å²) >= 11 is 0. The molecule has 0 saturated carbocycles. The molecule has 2 unspecified atom stereocenters. The van der Waals surface area contributed by atoms with Gasteiger partial charge in [-0.3, -0.25) is 9.59 Å². The minimum Gasteiger partial charge on any atom is -0.480 e. The Labute approximate surface area is 360 Å². The molecule has 4 N–H and O–H groups in total. The zero-order valence-corrected chi connectivity index (χ0v) is 38.7. The molecule has 0 aliphatic rings. The van der Waals surface area contributed by atoms with Crippen LogP contribution < -0.4 is 11.1 Å². The lowest BCUT2D eigenvalue weighted by Crippen LogP contribution is -2.40. The maximum Gasteiger partial charge on any atom is 0.326 e. The summed E-state index contributed by atoms with van der Waals surface area (Å²) in [4.78, 5) is 36.5. The molecule has 0 spiro atoms. The second-order valence-electron chi connectivity index (χ2n) is 17.6.